The molecule has 0 saturated heterocycles. The van der Waals surface area contributed by atoms with Crippen molar-refractivity contribution < 1.29 is 0 Å². The highest BCUT2D eigenvalue weighted by molar-refractivity contribution is 6.21. The summed E-state index contributed by atoms with van der Waals surface area (Å²) in [7, 11) is 0. The summed E-state index contributed by atoms with van der Waals surface area (Å²) in [6.07, 6.45) is 0. The van der Waals surface area contributed by atoms with Crippen molar-refractivity contribution in [1.82, 2.24) is 0 Å². The van der Waals surface area contributed by atoms with E-state index in [-0.39, 0.29) is 0 Å². The zero-order valence-electron chi connectivity index (χ0n) is 26.5. The average molecular weight is 609 g/mol. The molecular weight excluding hydrogens is 577 g/mol. The van der Waals surface area contributed by atoms with Crippen LogP contribution >= 0.6 is 0 Å². The molecule has 0 heterocycles. The summed E-state index contributed by atoms with van der Waals surface area (Å²) in [4.78, 5) is 0. The summed E-state index contributed by atoms with van der Waals surface area (Å²) in [5, 5.41) is 7.58. The van der Waals surface area contributed by atoms with Gasteiger partial charge < -0.3 is 0 Å². The predicted molar refractivity (Wildman–Crippen MR) is 206 cm³/mol. The van der Waals surface area contributed by atoms with Crippen LogP contribution in [-0.4, -0.2) is 0 Å². The highest BCUT2D eigenvalue weighted by atomic mass is 14.2. The van der Waals surface area contributed by atoms with Crippen LogP contribution in [0.3, 0.4) is 0 Å². The minimum atomic E-state index is 1.22. The van der Waals surface area contributed by atoms with E-state index < -0.39 is 0 Å². The van der Waals surface area contributed by atoms with Gasteiger partial charge in [-0.2, -0.15) is 0 Å². The third-order valence-corrected chi connectivity index (χ3v) is 9.62. The molecule has 9 aromatic rings. The molecule has 0 aliphatic heterocycles. The first-order chi connectivity index (χ1) is 23.8. The SMILES string of the molecule is c1ccc(-c2cccc(-c3cccc(-c4ccc5ccc(-c6c7ccccc7c(-c7ccccc7)c7ccccc67)cc5c4)c3)c2)cc1. The maximum absolute atomic E-state index is 2.38. The summed E-state index contributed by atoms with van der Waals surface area (Å²) in [6, 6.07) is 70.7. The minimum absolute atomic E-state index is 1.22. The van der Waals surface area contributed by atoms with E-state index in [1.165, 1.54) is 88.0 Å². The highest BCUT2D eigenvalue weighted by Gasteiger charge is 2.16. The molecule has 0 bridgehead atoms. The van der Waals surface area contributed by atoms with Gasteiger partial charge in [-0.1, -0.05) is 170 Å². The van der Waals surface area contributed by atoms with Gasteiger partial charge in [0.25, 0.3) is 0 Å². The first kappa shape index (κ1) is 28.0. The first-order valence-electron chi connectivity index (χ1n) is 16.6. The van der Waals surface area contributed by atoms with Gasteiger partial charge >= 0.3 is 0 Å². The van der Waals surface area contributed by atoms with Gasteiger partial charge in [0.05, 0.1) is 0 Å². The molecule has 0 aromatic heterocycles. The van der Waals surface area contributed by atoms with Crippen molar-refractivity contribution in [3.63, 3.8) is 0 Å². The largest absolute Gasteiger partial charge is 0.0622 e. The van der Waals surface area contributed by atoms with E-state index in [4.69, 9.17) is 0 Å². The molecule has 48 heavy (non-hydrogen) atoms. The van der Waals surface area contributed by atoms with Crippen molar-refractivity contribution in [3.05, 3.63) is 194 Å². The number of rotatable bonds is 5. The Morgan fingerprint density at radius 3 is 1.06 bits per heavy atom. The highest BCUT2D eigenvalue weighted by Crippen LogP contribution is 2.44. The second kappa shape index (κ2) is 11.8. The monoisotopic (exact) mass is 608 g/mol. The predicted octanol–water partition coefficient (Wildman–Crippen LogP) is 13.5. The quantitative estimate of drug-likeness (QED) is 0.171. The van der Waals surface area contributed by atoms with Crippen LogP contribution in [0.4, 0.5) is 0 Å². The van der Waals surface area contributed by atoms with Crippen LogP contribution in [0.15, 0.2) is 194 Å². The Morgan fingerprint density at radius 1 is 0.188 bits per heavy atom. The lowest BCUT2D eigenvalue weighted by Gasteiger charge is -2.18. The second-order valence-electron chi connectivity index (χ2n) is 12.5. The Labute approximate surface area is 281 Å². The van der Waals surface area contributed by atoms with E-state index in [9.17, 15) is 0 Å². The van der Waals surface area contributed by atoms with Crippen LogP contribution in [-0.2, 0) is 0 Å². The summed E-state index contributed by atoms with van der Waals surface area (Å²) in [5.41, 5.74) is 12.4. The molecule has 0 N–H and O–H groups in total. The number of benzene rings is 9. The summed E-state index contributed by atoms with van der Waals surface area (Å²) in [6.45, 7) is 0. The Morgan fingerprint density at radius 2 is 0.542 bits per heavy atom. The molecule has 0 radical (unpaired) electrons. The molecule has 0 aliphatic carbocycles. The topological polar surface area (TPSA) is 0 Å². The molecule has 9 aromatic carbocycles. The van der Waals surface area contributed by atoms with Gasteiger partial charge in [0, 0.05) is 0 Å². The zero-order valence-corrected chi connectivity index (χ0v) is 26.5. The lowest BCUT2D eigenvalue weighted by Crippen LogP contribution is -1.91. The molecule has 0 saturated carbocycles. The molecular formula is C48H32. The van der Waals surface area contributed by atoms with Crippen molar-refractivity contribution in [2.24, 2.45) is 0 Å². The van der Waals surface area contributed by atoms with Gasteiger partial charge in [-0.3, -0.25) is 0 Å². The van der Waals surface area contributed by atoms with Crippen molar-refractivity contribution in [2.45, 2.75) is 0 Å². The van der Waals surface area contributed by atoms with Crippen molar-refractivity contribution >= 4 is 32.3 Å². The van der Waals surface area contributed by atoms with Crippen LogP contribution < -0.4 is 0 Å². The molecule has 9 rings (SSSR count). The zero-order chi connectivity index (χ0) is 31.9. The fraction of sp³-hybridized carbons (Fsp3) is 0. The third-order valence-electron chi connectivity index (χ3n) is 9.62. The smallest absolute Gasteiger partial charge is 0.00262 e. The molecule has 0 nitrogen and oxygen atoms in total. The van der Waals surface area contributed by atoms with Gasteiger partial charge in [-0.25, -0.2) is 0 Å². The molecule has 0 fully saturated rings. The van der Waals surface area contributed by atoms with E-state index in [1.54, 1.807) is 0 Å². The maximum atomic E-state index is 2.38. The molecule has 0 spiro atoms. The van der Waals surface area contributed by atoms with Crippen molar-refractivity contribution in [2.75, 3.05) is 0 Å². The lowest BCUT2D eigenvalue weighted by molar-refractivity contribution is 1.58. The van der Waals surface area contributed by atoms with E-state index in [0.29, 0.717) is 0 Å². The molecule has 0 aliphatic rings. The average Bonchev–Trinajstić information content (AvgIpc) is 3.17. The Kier molecular flexibility index (Phi) is 6.91. The first-order valence-corrected chi connectivity index (χ1v) is 16.6. The van der Waals surface area contributed by atoms with E-state index in [1.807, 2.05) is 0 Å². The van der Waals surface area contributed by atoms with Gasteiger partial charge in [-0.15, -0.1) is 0 Å². The lowest BCUT2D eigenvalue weighted by atomic mass is 9.85. The Bertz CT molecular complexity index is 2540. The molecule has 0 amide bonds. The van der Waals surface area contributed by atoms with Crippen LogP contribution in [0, 0.1) is 0 Å². The van der Waals surface area contributed by atoms with Crippen molar-refractivity contribution in [3.8, 4) is 55.6 Å². The molecule has 0 atom stereocenters. The summed E-state index contributed by atoms with van der Waals surface area (Å²) < 4.78 is 0. The second-order valence-corrected chi connectivity index (χ2v) is 12.5. The van der Waals surface area contributed by atoms with Crippen LogP contribution in [0.2, 0.25) is 0 Å². The maximum Gasteiger partial charge on any atom is -0.00262 e. The van der Waals surface area contributed by atoms with Crippen LogP contribution in [0.1, 0.15) is 0 Å². The Hall–Kier alpha value is -6.24. The van der Waals surface area contributed by atoms with Gasteiger partial charge in [0.2, 0.25) is 0 Å². The summed E-state index contributed by atoms with van der Waals surface area (Å²) in [5.74, 6) is 0. The van der Waals surface area contributed by atoms with Gasteiger partial charge in [0.1, 0.15) is 0 Å². The number of hydrogen-bond acceptors (Lipinski definition) is 0. The van der Waals surface area contributed by atoms with Crippen LogP contribution in [0.5, 0.6) is 0 Å². The normalized spacial score (nSPS) is 11.3. The fourth-order valence-corrected chi connectivity index (χ4v) is 7.32. The molecule has 224 valence electrons. The van der Waals surface area contributed by atoms with Gasteiger partial charge in [0.15, 0.2) is 0 Å². The molecule has 0 heteroatoms. The van der Waals surface area contributed by atoms with E-state index >= 15 is 0 Å². The number of fused-ring (bicyclic) bond motifs is 3. The summed E-state index contributed by atoms with van der Waals surface area (Å²) >= 11 is 0. The standard InChI is InChI=1S/C48H32/c1-3-13-33(14-4-1)36-17-11-18-37(29-36)38-19-12-20-39(30-38)40-27-25-34-26-28-41(32-42(34)31-40)48-45-23-9-7-21-43(45)47(35-15-5-2-6-16-35)44-22-8-10-24-46(44)48/h1-32H. The van der Waals surface area contributed by atoms with E-state index in [0.717, 1.165) is 0 Å². The third kappa shape index (κ3) is 4.96. The van der Waals surface area contributed by atoms with Gasteiger partial charge in [-0.05, 0) is 112 Å². The fourth-order valence-electron chi connectivity index (χ4n) is 7.32. The molecule has 0 unspecified atom stereocenters. The Balaban J connectivity index is 1.17. The van der Waals surface area contributed by atoms with Crippen LogP contribution in [0.25, 0.3) is 88.0 Å². The van der Waals surface area contributed by atoms with E-state index in [2.05, 4.69) is 194 Å². The minimum Gasteiger partial charge on any atom is -0.0622 e. The van der Waals surface area contributed by atoms with Crippen molar-refractivity contribution in [1.29, 1.82) is 0 Å². The number of hydrogen-bond donors (Lipinski definition) is 0.